The monoisotopic (exact) mass is 275 g/mol. The van der Waals surface area contributed by atoms with Crippen LogP contribution in [0.3, 0.4) is 0 Å². The Morgan fingerprint density at radius 1 is 1.37 bits per heavy atom. The van der Waals surface area contributed by atoms with E-state index in [9.17, 15) is 18.0 Å². The van der Waals surface area contributed by atoms with Crippen LogP contribution in [0.4, 0.5) is 19.0 Å². The Morgan fingerprint density at radius 3 is 2.47 bits per heavy atom. The lowest BCUT2D eigenvalue weighted by Crippen LogP contribution is -2.38. The number of amides is 1. The summed E-state index contributed by atoms with van der Waals surface area (Å²) in [6, 6.07) is 2.76. The molecule has 0 unspecified atom stereocenters. The molecule has 0 aliphatic rings. The lowest BCUT2D eigenvalue weighted by molar-refractivity contribution is -0.140. The molecule has 0 aliphatic carbocycles. The molecule has 0 saturated heterocycles. The number of nitrogens with zero attached hydrogens (tertiary/aromatic N) is 2. The first-order chi connectivity index (χ1) is 8.76. The van der Waals surface area contributed by atoms with E-state index in [1.165, 1.54) is 19.1 Å². The van der Waals surface area contributed by atoms with Crippen molar-refractivity contribution >= 4 is 11.7 Å². The summed E-state index contributed by atoms with van der Waals surface area (Å²) in [4.78, 5) is 16.7. The third-order valence-electron chi connectivity index (χ3n) is 2.55. The average Bonchev–Trinajstić information content (AvgIpc) is 2.33. The Labute approximate surface area is 109 Å². The van der Waals surface area contributed by atoms with Crippen molar-refractivity contribution in [2.45, 2.75) is 26.4 Å². The molecule has 0 bridgehead atoms. The van der Waals surface area contributed by atoms with E-state index in [-0.39, 0.29) is 17.9 Å². The van der Waals surface area contributed by atoms with Crippen molar-refractivity contribution in [3.8, 4) is 0 Å². The Bertz CT molecular complexity index is 460. The van der Waals surface area contributed by atoms with E-state index >= 15 is 0 Å². The predicted molar refractivity (Wildman–Crippen MR) is 65.7 cm³/mol. The minimum absolute atomic E-state index is 0.0258. The number of nitrogen functional groups attached to an aromatic ring is 1. The van der Waals surface area contributed by atoms with Gasteiger partial charge in [-0.1, -0.05) is 6.92 Å². The molecular formula is C12H16F3N3O. The summed E-state index contributed by atoms with van der Waals surface area (Å²) in [5.41, 5.74) is 6.25. The van der Waals surface area contributed by atoms with Crippen LogP contribution in [-0.4, -0.2) is 35.1 Å². The highest BCUT2D eigenvalue weighted by atomic mass is 19.4. The third-order valence-corrected chi connectivity index (χ3v) is 2.55. The number of alkyl halides is 3. The molecule has 7 heteroatoms. The van der Waals surface area contributed by atoms with Gasteiger partial charge in [0.1, 0.15) is 12.4 Å². The first-order valence-corrected chi connectivity index (χ1v) is 5.89. The van der Waals surface area contributed by atoms with E-state index in [0.29, 0.717) is 12.1 Å². The second-order valence-electron chi connectivity index (χ2n) is 4.06. The maximum Gasteiger partial charge on any atom is 0.406 e. The molecule has 106 valence electrons. The summed E-state index contributed by atoms with van der Waals surface area (Å²) in [6.07, 6.45) is -3.87. The molecule has 0 fully saturated rings. The molecule has 4 nitrogen and oxygen atoms in total. The molecule has 1 amide bonds. The number of nitrogens with two attached hydrogens (primary N) is 1. The molecule has 0 atom stereocenters. The molecule has 0 aliphatic heterocycles. The average molecular weight is 275 g/mol. The van der Waals surface area contributed by atoms with Crippen molar-refractivity contribution in [3.05, 3.63) is 23.4 Å². The highest BCUT2D eigenvalue weighted by molar-refractivity contribution is 5.95. The number of hydrogen-bond donors (Lipinski definition) is 1. The van der Waals surface area contributed by atoms with Crippen LogP contribution >= 0.6 is 0 Å². The number of hydrogen-bond acceptors (Lipinski definition) is 3. The molecule has 0 saturated carbocycles. The van der Waals surface area contributed by atoms with Crippen LogP contribution in [0.1, 0.15) is 29.9 Å². The van der Waals surface area contributed by atoms with Gasteiger partial charge in [-0.05, 0) is 25.5 Å². The summed E-state index contributed by atoms with van der Waals surface area (Å²) >= 11 is 0. The molecule has 1 heterocycles. The first-order valence-electron chi connectivity index (χ1n) is 5.89. The Balaban J connectivity index is 3.00. The van der Waals surface area contributed by atoms with Crippen molar-refractivity contribution in [1.82, 2.24) is 9.88 Å². The Morgan fingerprint density at radius 2 is 2.00 bits per heavy atom. The van der Waals surface area contributed by atoms with E-state index in [0.717, 1.165) is 4.90 Å². The Hall–Kier alpha value is -1.79. The van der Waals surface area contributed by atoms with Crippen molar-refractivity contribution in [1.29, 1.82) is 0 Å². The molecule has 1 aromatic heterocycles. The number of rotatable bonds is 4. The smallest absolute Gasteiger partial charge is 0.384 e. The van der Waals surface area contributed by atoms with Crippen molar-refractivity contribution < 1.29 is 18.0 Å². The molecule has 1 aromatic rings. The van der Waals surface area contributed by atoms with Gasteiger partial charge in [-0.15, -0.1) is 0 Å². The van der Waals surface area contributed by atoms with Crippen LogP contribution in [0.2, 0.25) is 0 Å². The molecular weight excluding hydrogens is 259 g/mol. The number of anilines is 1. The quantitative estimate of drug-likeness (QED) is 0.916. The minimum atomic E-state index is -4.42. The SMILES string of the molecule is CCc1cc(C(=O)N(CC)CC(F)(F)F)cc(N)n1. The summed E-state index contributed by atoms with van der Waals surface area (Å²) < 4.78 is 37.1. The van der Waals surface area contributed by atoms with Gasteiger partial charge < -0.3 is 10.6 Å². The zero-order valence-corrected chi connectivity index (χ0v) is 10.8. The second kappa shape index (κ2) is 5.90. The topological polar surface area (TPSA) is 59.2 Å². The summed E-state index contributed by atoms with van der Waals surface area (Å²) in [5.74, 6) is -0.561. The number of carbonyl (C=O) groups is 1. The summed E-state index contributed by atoms with van der Waals surface area (Å²) in [5, 5.41) is 0. The van der Waals surface area contributed by atoms with Crippen LogP contribution in [0.25, 0.3) is 0 Å². The van der Waals surface area contributed by atoms with Gasteiger partial charge in [-0.3, -0.25) is 4.79 Å². The molecule has 19 heavy (non-hydrogen) atoms. The first kappa shape index (κ1) is 15.3. The zero-order chi connectivity index (χ0) is 14.6. The molecule has 2 N–H and O–H groups in total. The van der Waals surface area contributed by atoms with Gasteiger partial charge in [-0.25, -0.2) is 4.98 Å². The van der Waals surface area contributed by atoms with Crippen molar-refractivity contribution in [2.24, 2.45) is 0 Å². The Kier molecular flexibility index (Phi) is 4.74. The molecule has 0 aromatic carbocycles. The summed E-state index contributed by atoms with van der Waals surface area (Å²) in [7, 11) is 0. The normalized spacial score (nSPS) is 11.4. The molecule has 0 spiro atoms. The molecule has 0 radical (unpaired) electrons. The van der Waals surface area contributed by atoms with E-state index in [4.69, 9.17) is 5.73 Å². The fourth-order valence-electron chi connectivity index (χ4n) is 1.64. The van der Waals surface area contributed by atoms with E-state index in [2.05, 4.69) is 4.98 Å². The van der Waals surface area contributed by atoms with Gasteiger partial charge in [0, 0.05) is 17.8 Å². The number of aryl methyl sites for hydroxylation is 1. The van der Waals surface area contributed by atoms with Gasteiger partial charge in [0.25, 0.3) is 5.91 Å². The third kappa shape index (κ3) is 4.42. The van der Waals surface area contributed by atoms with Crippen molar-refractivity contribution in [2.75, 3.05) is 18.8 Å². The van der Waals surface area contributed by atoms with E-state index in [1.807, 2.05) is 6.92 Å². The van der Waals surface area contributed by atoms with Gasteiger partial charge in [0.2, 0.25) is 0 Å². The maximum absolute atomic E-state index is 12.4. The highest BCUT2D eigenvalue weighted by Gasteiger charge is 2.32. The maximum atomic E-state index is 12.4. The van der Waals surface area contributed by atoms with E-state index in [1.54, 1.807) is 0 Å². The van der Waals surface area contributed by atoms with Crippen LogP contribution in [0, 0.1) is 0 Å². The standard InChI is InChI=1S/C12H16F3N3O/c1-3-9-5-8(6-10(16)17-9)11(19)18(4-2)7-12(13,14)15/h5-6H,3-4,7H2,1-2H3,(H2,16,17). The lowest BCUT2D eigenvalue weighted by atomic mass is 10.1. The largest absolute Gasteiger partial charge is 0.406 e. The van der Waals surface area contributed by atoms with Gasteiger partial charge in [-0.2, -0.15) is 13.2 Å². The van der Waals surface area contributed by atoms with Crippen molar-refractivity contribution in [3.63, 3.8) is 0 Å². The predicted octanol–water partition coefficient (Wildman–Crippen LogP) is 2.25. The number of aromatic nitrogens is 1. The fraction of sp³-hybridized carbons (Fsp3) is 0.500. The van der Waals surface area contributed by atoms with Gasteiger partial charge >= 0.3 is 6.18 Å². The molecule has 1 rings (SSSR count). The van der Waals surface area contributed by atoms with Crippen LogP contribution in [0.5, 0.6) is 0 Å². The number of halogens is 3. The number of carbonyl (C=O) groups excluding carboxylic acids is 1. The van der Waals surface area contributed by atoms with Crippen LogP contribution < -0.4 is 5.73 Å². The summed E-state index contributed by atoms with van der Waals surface area (Å²) in [6.45, 7) is 2.02. The van der Waals surface area contributed by atoms with Crippen LogP contribution in [0.15, 0.2) is 12.1 Å². The number of pyridine rings is 1. The highest BCUT2D eigenvalue weighted by Crippen LogP contribution is 2.19. The van der Waals surface area contributed by atoms with Gasteiger partial charge in [0.05, 0.1) is 0 Å². The van der Waals surface area contributed by atoms with Crippen LogP contribution in [-0.2, 0) is 6.42 Å². The van der Waals surface area contributed by atoms with Gasteiger partial charge in [0.15, 0.2) is 0 Å². The van der Waals surface area contributed by atoms with E-state index < -0.39 is 18.6 Å². The zero-order valence-electron chi connectivity index (χ0n) is 10.8. The lowest BCUT2D eigenvalue weighted by Gasteiger charge is -2.22. The minimum Gasteiger partial charge on any atom is -0.384 e. The fourth-order valence-corrected chi connectivity index (χ4v) is 1.64. The second-order valence-corrected chi connectivity index (χ2v) is 4.06.